The van der Waals surface area contributed by atoms with Crippen molar-refractivity contribution in [3.05, 3.63) is 28.8 Å². The molecular formula is C16H26O. The van der Waals surface area contributed by atoms with Crippen LogP contribution in [0.4, 0.5) is 0 Å². The van der Waals surface area contributed by atoms with Crippen LogP contribution in [0.5, 0.6) is 5.75 Å². The van der Waals surface area contributed by atoms with Crippen molar-refractivity contribution in [1.29, 1.82) is 0 Å². The van der Waals surface area contributed by atoms with E-state index < -0.39 is 0 Å². The maximum atomic E-state index is 10.2. The van der Waals surface area contributed by atoms with Gasteiger partial charge >= 0.3 is 0 Å². The van der Waals surface area contributed by atoms with E-state index in [2.05, 4.69) is 32.9 Å². The predicted molar refractivity (Wildman–Crippen MR) is 74.7 cm³/mol. The molecule has 0 bridgehead atoms. The second-order valence-corrected chi connectivity index (χ2v) is 5.16. The van der Waals surface area contributed by atoms with Gasteiger partial charge in [-0.3, -0.25) is 0 Å². The Balaban J connectivity index is 0.000000686. The zero-order chi connectivity index (χ0) is 13.0. The van der Waals surface area contributed by atoms with Crippen molar-refractivity contribution >= 4 is 0 Å². The topological polar surface area (TPSA) is 20.2 Å². The van der Waals surface area contributed by atoms with E-state index in [-0.39, 0.29) is 0 Å². The summed E-state index contributed by atoms with van der Waals surface area (Å²) in [4.78, 5) is 0. The largest absolute Gasteiger partial charge is 0.507 e. The fourth-order valence-corrected chi connectivity index (χ4v) is 2.11. The van der Waals surface area contributed by atoms with Crippen LogP contribution in [-0.4, -0.2) is 5.11 Å². The second kappa shape index (κ2) is 6.09. The Hall–Kier alpha value is -0.980. The van der Waals surface area contributed by atoms with Gasteiger partial charge in [0.25, 0.3) is 0 Å². The minimum absolute atomic E-state index is 0.405. The Morgan fingerprint density at radius 1 is 1.24 bits per heavy atom. The molecule has 1 aliphatic rings. The molecule has 0 radical (unpaired) electrons. The van der Waals surface area contributed by atoms with Crippen LogP contribution in [0, 0.1) is 12.8 Å². The molecule has 1 heteroatoms. The highest BCUT2D eigenvalue weighted by Gasteiger charge is 2.23. The van der Waals surface area contributed by atoms with Crippen LogP contribution in [-0.2, 0) is 6.42 Å². The lowest BCUT2D eigenvalue weighted by Crippen LogP contribution is -1.96. The molecule has 0 amide bonds. The lowest BCUT2D eigenvalue weighted by molar-refractivity contribution is 0.456. The monoisotopic (exact) mass is 234 g/mol. The van der Waals surface area contributed by atoms with Crippen molar-refractivity contribution in [3.8, 4) is 5.75 Å². The standard InChI is InChI=1S/C14H20O.C2H6/c1-9(2)13-7-10(3)6-12(14(13)15)8-11-4-5-11;1-2/h6-7,9,11,15H,4-5,8H2,1-3H3;1-2H3. The second-order valence-electron chi connectivity index (χ2n) is 5.16. The van der Waals surface area contributed by atoms with Gasteiger partial charge in [-0.2, -0.15) is 0 Å². The summed E-state index contributed by atoms with van der Waals surface area (Å²) in [7, 11) is 0. The van der Waals surface area contributed by atoms with Gasteiger partial charge in [0, 0.05) is 0 Å². The molecule has 0 atom stereocenters. The van der Waals surface area contributed by atoms with E-state index in [0.29, 0.717) is 11.7 Å². The molecule has 2 rings (SSSR count). The molecule has 96 valence electrons. The van der Waals surface area contributed by atoms with Crippen molar-refractivity contribution in [2.75, 3.05) is 0 Å². The quantitative estimate of drug-likeness (QED) is 0.796. The molecule has 1 N–H and O–H groups in total. The molecule has 0 unspecified atom stereocenters. The van der Waals surface area contributed by atoms with E-state index in [1.165, 1.54) is 18.4 Å². The Kier molecular flexibility index (Phi) is 5.04. The number of rotatable bonds is 3. The maximum absolute atomic E-state index is 10.2. The van der Waals surface area contributed by atoms with Gasteiger partial charge < -0.3 is 5.11 Å². The first-order chi connectivity index (χ1) is 8.08. The van der Waals surface area contributed by atoms with Crippen LogP contribution >= 0.6 is 0 Å². The summed E-state index contributed by atoms with van der Waals surface area (Å²) in [5.41, 5.74) is 3.53. The molecule has 0 heterocycles. The smallest absolute Gasteiger partial charge is 0.122 e. The van der Waals surface area contributed by atoms with Gasteiger partial charge in [0.2, 0.25) is 0 Å². The van der Waals surface area contributed by atoms with E-state index in [4.69, 9.17) is 0 Å². The first-order valence-corrected chi connectivity index (χ1v) is 6.90. The summed E-state index contributed by atoms with van der Waals surface area (Å²) in [6, 6.07) is 4.25. The van der Waals surface area contributed by atoms with Crippen molar-refractivity contribution in [2.45, 2.75) is 59.8 Å². The summed E-state index contributed by atoms with van der Waals surface area (Å²) < 4.78 is 0. The summed E-state index contributed by atoms with van der Waals surface area (Å²) >= 11 is 0. The first-order valence-electron chi connectivity index (χ1n) is 6.90. The number of phenolic OH excluding ortho intramolecular Hbond substituents is 1. The third-order valence-electron chi connectivity index (χ3n) is 3.19. The molecule has 0 aromatic heterocycles. The Bertz CT molecular complexity index is 362. The minimum atomic E-state index is 0.405. The Morgan fingerprint density at radius 2 is 1.82 bits per heavy atom. The number of benzene rings is 1. The van der Waals surface area contributed by atoms with E-state index >= 15 is 0 Å². The normalized spacial score (nSPS) is 14.5. The van der Waals surface area contributed by atoms with Crippen LogP contribution in [0.2, 0.25) is 0 Å². The van der Waals surface area contributed by atoms with Gasteiger partial charge in [0.05, 0.1) is 0 Å². The van der Waals surface area contributed by atoms with Gasteiger partial charge in [-0.15, -0.1) is 0 Å². The molecule has 1 saturated carbocycles. The fraction of sp³-hybridized carbons (Fsp3) is 0.625. The molecule has 1 fully saturated rings. The average Bonchev–Trinajstić information content (AvgIpc) is 3.09. The molecule has 17 heavy (non-hydrogen) atoms. The van der Waals surface area contributed by atoms with Crippen LogP contribution in [0.25, 0.3) is 0 Å². The predicted octanol–water partition coefficient (Wildman–Crippen LogP) is 4.80. The van der Waals surface area contributed by atoms with Crippen LogP contribution < -0.4 is 0 Å². The highest BCUT2D eigenvalue weighted by atomic mass is 16.3. The van der Waals surface area contributed by atoms with E-state index in [0.717, 1.165) is 23.5 Å². The summed E-state index contributed by atoms with van der Waals surface area (Å²) in [5.74, 6) is 1.78. The first kappa shape index (κ1) is 14.1. The molecular weight excluding hydrogens is 208 g/mol. The minimum Gasteiger partial charge on any atom is -0.507 e. The third kappa shape index (κ3) is 3.76. The van der Waals surface area contributed by atoms with Crippen molar-refractivity contribution < 1.29 is 5.11 Å². The number of aromatic hydroxyl groups is 1. The highest BCUT2D eigenvalue weighted by molar-refractivity contribution is 5.45. The zero-order valence-electron chi connectivity index (χ0n) is 11.9. The number of phenols is 1. The van der Waals surface area contributed by atoms with Crippen LogP contribution in [0.1, 0.15) is 63.1 Å². The summed E-state index contributed by atoms with van der Waals surface area (Å²) in [6.07, 6.45) is 3.74. The van der Waals surface area contributed by atoms with Gasteiger partial charge in [0.15, 0.2) is 0 Å². The lowest BCUT2D eigenvalue weighted by Gasteiger charge is -2.13. The molecule has 0 saturated heterocycles. The van der Waals surface area contributed by atoms with E-state index in [9.17, 15) is 5.11 Å². The zero-order valence-corrected chi connectivity index (χ0v) is 11.9. The SMILES string of the molecule is CC.Cc1cc(CC2CC2)c(O)c(C(C)C)c1. The highest BCUT2D eigenvalue weighted by Crippen LogP contribution is 2.38. The van der Waals surface area contributed by atoms with Crippen LogP contribution in [0.3, 0.4) is 0 Å². The summed E-state index contributed by atoms with van der Waals surface area (Å²) in [5, 5.41) is 10.2. The number of hydrogen-bond donors (Lipinski definition) is 1. The molecule has 1 nitrogen and oxygen atoms in total. The number of hydrogen-bond acceptors (Lipinski definition) is 1. The summed E-state index contributed by atoms with van der Waals surface area (Å²) in [6.45, 7) is 10.4. The Labute approximate surface area is 106 Å². The van der Waals surface area contributed by atoms with E-state index in [1.807, 2.05) is 13.8 Å². The average molecular weight is 234 g/mol. The van der Waals surface area contributed by atoms with Gasteiger partial charge in [0.1, 0.15) is 5.75 Å². The molecule has 0 spiro atoms. The lowest BCUT2D eigenvalue weighted by atomic mass is 9.94. The fourth-order valence-electron chi connectivity index (χ4n) is 2.11. The molecule has 1 aromatic rings. The van der Waals surface area contributed by atoms with Gasteiger partial charge in [-0.1, -0.05) is 45.4 Å². The number of aryl methyl sites for hydroxylation is 1. The van der Waals surface area contributed by atoms with E-state index in [1.54, 1.807) is 0 Å². The third-order valence-corrected chi connectivity index (χ3v) is 3.19. The van der Waals surface area contributed by atoms with Gasteiger partial charge in [-0.05, 0) is 49.1 Å². The van der Waals surface area contributed by atoms with Gasteiger partial charge in [-0.25, -0.2) is 0 Å². The van der Waals surface area contributed by atoms with Crippen molar-refractivity contribution in [1.82, 2.24) is 0 Å². The molecule has 1 aromatic carbocycles. The van der Waals surface area contributed by atoms with Crippen molar-refractivity contribution in [2.24, 2.45) is 5.92 Å². The van der Waals surface area contributed by atoms with Crippen molar-refractivity contribution in [3.63, 3.8) is 0 Å². The molecule has 0 aliphatic heterocycles. The Morgan fingerprint density at radius 3 is 2.29 bits per heavy atom. The molecule has 1 aliphatic carbocycles. The van der Waals surface area contributed by atoms with Crippen LogP contribution in [0.15, 0.2) is 12.1 Å². The maximum Gasteiger partial charge on any atom is 0.122 e.